The third-order valence-electron chi connectivity index (χ3n) is 3.93. The summed E-state index contributed by atoms with van der Waals surface area (Å²) in [4.78, 5) is 12.5. The van der Waals surface area contributed by atoms with Crippen LogP contribution in [-0.4, -0.2) is 20.9 Å². The van der Waals surface area contributed by atoms with Gasteiger partial charge in [-0.25, -0.2) is 13.1 Å². The number of nitrogens with one attached hydrogen (secondary N) is 2. The highest BCUT2D eigenvalue weighted by molar-refractivity contribution is 7.89. The number of benzene rings is 2. The van der Waals surface area contributed by atoms with Gasteiger partial charge in [0.05, 0.1) is 20.5 Å². The SMILES string of the molecule is CCCCCCNS(=O)(=O)c1ccc(NC(=O)c2c(Cl)cccc2Cl)cc1. The van der Waals surface area contributed by atoms with Gasteiger partial charge in [0.15, 0.2) is 0 Å². The van der Waals surface area contributed by atoms with E-state index in [1.165, 1.54) is 24.3 Å². The first kappa shape index (κ1) is 21.7. The maximum atomic E-state index is 12.4. The van der Waals surface area contributed by atoms with Gasteiger partial charge >= 0.3 is 0 Å². The van der Waals surface area contributed by atoms with E-state index in [0.717, 1.165) is 25.7 Å². The molecule has 8 heteroatoms. The van der Waals surface area contributed by atoms with E-state index in [1.807, 2.05) is 0 Å². The van der Waals surface area contributed by atoms with Crippen LogP contribution in [0.1, 0.15) is 43.0 Å². The Morgan fingerprint density at radius 2 is 1.59 bits per heavy atom. The minimum absolute atomic E-state index is 0.145. The number of hydrogen-bond donors (Lipinski definition) is 2. The Labute approximate surface area is 170 Å². The molecule has 0 spiro atoms. The quantitative estimate of drug-likeness (QED) is 0.545. The molecular formula is C19H22Cl2N2O3S. The maximum absolute atomic E-state index is 12.4. The van der Waals surface area contributed by atoms with E-state index in [0.29, 0.717) is 12.2 Å². The molecular weight excluding hydrogens is 407 g/mol. The summed E-state index contributed by atoms with van der Waals surface area (Å²) in [5, 5.41) is 3.15. The van der Waals surface area contributed by atoms with E-state index < -0.39 is 15.9 Å². The maximum Gasteiger partial charge on any atom is 0.258 e. The molecule has 0 radical (unpaired) electrons. The van der Waals surface area contributed by atoms with Gasteiger partial charge in [-0.3, -0.25) is 4.79 Å². The van der Waals surface area contributed by atoms with E-state index in [4.69, 9.17) is 23.2 Å². The van der Waals surface area contributed by atoms with Gasteiger partial charge < -0.3 is 5.32 Å². The minimum Gasteiger partial charge on any atom is -0.322 e. The first-order valence-corrected chi connectivity index (χ1v) is 10.9. The van der Waals surface area contributed by atoms with Crippen LogP contribution in [0.3, 0.4) is 0 Å². The van der Waals surface area contributed by atoms with Crippen molar-refractivity contribution in [2.75, 3.05) is 11.9 Å². The summed E-state index contributed by atoms with van der Waals surface area (Å²) in [6.07, 6.45) is 3.99. The number of carbonyl (C=O) groups is 1. The van der Waals surface area contributed by atoms with Crippen LogP contribution >= 0.6 is 23.2 Å². The highest BCUT2D eigenvalue weighted by Crippen LogP contribution is 2.25. The molecule has 0 saturated carbocycles. The third kappa shape index (κ3) is 6.21. The van der Waals surface area contributed by atoms with E-state index in [1.54, 1.807) is 18.2 Å². The predicted molar refractivity (Wildman–Crippen MR) is 110 cm³/mol. The number of sulfonamides is 1. The molecule has 146 valence electrons. The Kier molecular flexibility index (Phi) is 8.10. The standard InChI is InChI=1S/C19H22Cl2N2O3S/c1-2-3-4-5-13-22-27(25,26)15-11-9-14(10-12-15)23-19(24)18-16(20)7-6-8-17(18)21/h6-12,22H,2-5,13H2,1H3,(H,23,24). The smallest absolute Gasteiger partial charge is 0.258 e. The van der Waals surface area contributed by atoms with E-state index in [2.05, 4.69) is 17.0 Å². The number of halogens is 2. The van der Waals surface area contributed by atoms with Gasteiger partial charge in [0.25, 0.3) is 5.91 Å². The summed E-state index contributed by atoms with van der Waals surface area (Å²) in [6, 6.07) is 10.7. The fourth-order valence-electron chi connectivity index (χ4n) is 2.47. The number of unbranched alkanes of at least 4 members (excludes halogenated alkanes) is 3. The van der Waals surface area contributed by atoms with Gasteiger partial charge in [0.1, 0.15) is 0 Å². The lowest BCUT2D eigenvalue weighted by atomic mass is 10.2. The third-order valence-corrected chi connectivity index (χ3v) is 6.04. The summed E-state index contributed by atoms with van der Waals surface area (Å²) >= 11 is 12.0. The second-order valence-electron chi connectivity index (χ2n) is 6.03. The van der Waals surface area contributed by atoms with Gasteiger partial charge in [-0.2, -0.15) is 0 Å². The molecule has 0 aliphatic heterocycles. The van der Waals surface area contributed by atoms with Crippen LogP contribution < -0.4 is 10.0 Å². The van der Waals surface area contributed by atoms with Gasteiger partial charge in [0.2, 0.25) is 10.0 Å². The molecule has 1 amide bonds. The van der Waals surface area contributed by atoms with Crippen molar-refractivity contribution in [3.05, 3.63) is 58.1 Å². The zero-order chi connectivity index (χ0) is 19.9. The van der Waals surface area contributed by atoms with Crippen molar-refractivity contribution in [2.45, 2.75) is 37.5 Å². The van der Waals surface area contributed by atoms with Crippen LogP contribution in [0.15, 0.2) is 47.4 Å². The van der Waals surface area contributed by atoms with Gasteiger partial charge in [-0.15, -0.1) is 0 Å². The molecule has 0 bridgehead atoms. The van der Waals surface area contributed by atoms with Crippen molar-refractivity contribution < 1.29 is 13.2 Å². The minimum atomic E-state index is -3.56. The van der Waals surface area contributed by atoms with Crippen LogP contribution in [-0.2, 0) is 10.0 Å². The van der Waals surface area contributed by atoms with Crippen LogP contribution in [0, 0.1) is 0 Å². The molecule has 0 heterocycles. The summed E-state index contributed by atoms with van der Waals surface area (Å²) < 4.78 is 27.1. The van der Waals surface area contributed by atoms with Crippen molar-refractivity contribution in [2.24, 2.45) is 0 Å². The highest BCUT2D eigenvalue weighted by atomic mass is 35.5. The van der Waals surface area contributed by atoms with E-state index >= 15 is 0 Å². The summed E-state index contributed by atoms with van der Waals surface area (Å²) in [5.74, 6) is -0.463. The van der Waals surface area contributed by atoms with Crippen molar-refractivity contribution in [1.82, 2.24) is 4.72 Å². The molecule has 5 nitrogen and oxygen atoms in total. The molecule has 0 unspecified atom stereocenters. The highest BCUT2D eigenvalue weighted by Gasteiger charge is 2.16. The number of hydrogen-bond acceptors (Lipinski definition) is 3. The molecule has 0 aliphatic carbocycles. The lowest BCUT2D eigenvalue weighted by Gasteiger charge is -2.10. The molecule has 27 heavy (non-hydrogen) atoms. The van der Waals surface area contributed by atoms with E-state index in [9.17, 15) is 13.2 Å². The summed E-state index contributed by atoms with van der Waals surface area (Å²) in [5.41, 5.74) is 0.615. The van der Waals surface area contributed by atoms with Gasteiger partial charge in [-0.1, -0.05) is 55.5 Å². The van der Waals surface area contributed by atoms with Crippen molar-refractivity contribution in [3.63, 3.8) is 0 Å². The topological polar surface area (TPSA) is 75.3 Å². The van der Waals surface area contributed by atoms with Crippen LogP contribution in [0.2, 0.25) is 10.0 Å². The number of amides is 1. The monoisotopic (exact) mass is 428 g/mol. The number of carbonyl (C=O) groups excluding carboxylic acids is 1. The molecule has 0 fully saturated rings. The Hall–Kier alpha value is -1.60. The predicted octanol–water partition coefficient (Wildman–Crippen LogP) is 5.10. The zero-order valence-electron chi connectivity index (χ0n) is 15.0. The summed E-state index contributed by atoms with van der Waals surface area (Å²) in [7, 11) is -3.56. The second-order valence-corrected chi connectivity index (χ2v) is 8.61. The molecule has 2 N–H and O–H groups in total. The zero-order valence-corrected chi connectivity index (χ0v) is 17.3. The number of rotatable bonds is 9. The Bertz CT molecular complexity index is 864. The lowest BCUT2D eigenvalue weighted by molar-refractivity contribution is 0.102. The molecule has 2 rings (SSSR count). The molecule has 0 atom stereocenters. The Morgan fingerprint density at radius 3 is 2.19 bits per heavy atom. The fourth-order valence-corrected chi connectivity index (χ4v) is 4.11. The average molecular weight is 429 g/mol. The van der Waals surface area contributed by atoms with E-state index in [-0.39, 0.29) is 20.5 Å². The van der Waals surface area contributed by atoms with Gasteiger partial charge in [0, 0.05) is 12.2 Å². The lowest BCUT2D eigenvalue weighted by Crippen LogP contribution is -2.24. The van der Waals surface area contributed by atoms with Crippen LogP contribution in [0.4, 0.5) is 5.69 Å². The molecule has 0 aromatic heterocycles. The Balaban J connectivity index is 2.01. The molecule has 0 saturated heterocycles. The van der Waals surface area contributed by atoms with Crippen molar-refractivity contribution >= 4 is 44.8 Å². The average Bonchev–Trinajstić information content (AvgIpc) is 2.62. The number of anilines is 1. The summed E-state index contributed by atoms with van der Waals surface area (Å²) in [6.45, 7) is 2.51. The van der Waals surface area contributed by atoms with Crippen LogP contribution in [0.25, 0.3) is 0 Å². The van der Waals surface area contributed by atoms with Gasteiger partial charge in [-0.05, 0) is 42.8 Å². The first-order chi connectivity index (χ1) is 12.8. The molecule has 2 aromatic carbocycles. The fraction of sp³-hybridized carbons (Fsp3) is 0.316. The Morgan fingerprint density at radius 1 is 0.963 bits per heavy atom. The van der Waals surface area contributed by atoms with Crippen molar-refractivity contribution in [3.8, 4) is 0 Å². The first-order valence-electron chi connectivity index (χ1n) is 8.70. The normalized spacial score (nSPS) is 11.4. The van der Waals surface area contributed by atoms with Crippen LogP contribution in [0.5, 0.6) is 0 Å². The second kappa shape index (κ2) is 10.1. The molecule has 0 aliphatic rings. The molecule has 2 aromatic rings. The largest absolute Gasteiger partial charge is 0.322 e. The van der Waals surface area contributed by atoms with Crippen molar-refractivity contribution in [1.29, 1.82) is 0 Å².